The van der Waals surface area contributed by atoms with E-state index >= 15 is 0 Å². The molecule has 0 aromatic carbocycles. The molecule has 0 aliphatic carbocycles. The smallest absolute Gasteiger partial charge is 0.00885 e. The van der Waals surface area contributed by atoms with Crippen LogP contribution in [0.3, 0.4) is 0 Å². The van der Waals surface area contributed by atoms with Crippen LogP contribution in [0.25, 0.3) is 0 Å². The normalized spacial score (nSPS) is 8.45. The van der Waals surface area contributed by atoms with Crippen molar-refractivity contribution < 1.29 is 0 Å². The third-order valence-electron chi connectivity index (χ3n) is 1.64. The van der Waals surface area contributed by atoms with E-state index in [0.29, 0.717) is 0 Å². The van der Waals surface area contributed by atoms with Gasteiger partial charge in [0.15, 0.2) is 0 Å². The highest BCUT2D eigenvalue weighted by atomic mass is 13.9. The first kappa shape index (κ1) is 10.3. The van der Waals surface area contributed by atoms with Crippen LogP contribution in [0.5, 0.6) is 0 Å². The maximum atomic E-state index is 3.69. The Kier molecular flexibility index (Phi) is 8.71. The van der Waals surface area contributed by atoms with Crippen molar-refractivity contribution in [2.75, 3.05) is 0 Å². The fourth-order valence-electron chi connectivity index (χ4n) is 0.981. The van der Waals surface area contributed by atoms with Gasteiger partial charge in [0, 0.05) is 6.42 Å². The molecule has 62 valence electrons. The second-order valence-electron chi connectivity index (χ2n) is 2.67. The molecule has 0 atom stereocenters. The van der Waals surface area contributed by atoms with Crippen LogP contribution in [-0.4, -0.2) is 0 Å². The number of hydrogen-bond acceptors (Lipinski definition) is 0. The first-order valence-corrected chi connectivity index (χ1v) is 4.42. The van der Waals surface area contributed by atoms with Crippen molar-refractivity contribution in [2.45, 2.75) is 45.4 Å². The summed E-state index contributed by atoms with van der Waals surface area (Å²) in [5, 5.41) is 0. The minimum Gasteiger partial charge on any atom is -0.107 e. The summed E-state index contributed by atoms with van der Waals surface area (Å²) < 4.78 is 0. The molecule has 0 amide bonds. The van der Waals surface area contributed by atoms with E-state index < -0.39 is 0 Å². The summed E-state index contributed by atoms with van der Waals surface area (Å²) in [5.74, 6) is 5.97. The van der Waals surface area contributed by atoms with Gasteiger partial charge in [0.1, 0.15) is 0 Å². The summed E-state index contributed by atoms with van der Waals surface area (Å²) in [6, 6.07) is 0. The molecule has 0 aliphatic rings. The van der Waals surface area contributed by atoms with Gasteiger partial charge in [-0.05, 0) is 26.2 Å². The molecule has 0 aromatic rings. The summed E-state index contributed by atoms with van der Waals surface area (Å²) in [5.41, 5.74) is 0. The lowest BCUT2D eigenvalue weighted by Crippen LogP contribution is -1.76. The Balaban J connectivity index is 2.88. The highest BCUT2D eigenvalue weighted by Gasteiger charge is 1.85. The second-order valence-corrected chi connectivity index (χ2v) is 2.67. The topological polar surface area (TPSA) is 0 Å². The zero-order chi connectivity index (χ0) is 8.36. The molecule has 0 saturated carbocycles. The molecule has 0 bridgehead atoms. The maximum absolute atomic E-state index is 3.69. The monoisotopic (exact) mass is 150 g/mol. The molecule has 0 fully saturated rings. The van der Waals surface area contributed by atoms with Gasteiger partial charge in [-0.25, -0.2) is 0 Å². The molecule has 0 saturated heterocycles. The highest BCUT2D eigenvalue weighted by Crippen LogP contribution is 2.04. The number of hydrogen-bond donors (Lipinski definition) is 0. The zero-order valence-corrected chi connectivity index (χ0v) is 7.53. The van der Waals surface area contributed by atoms with Crippen LogP contribution in [0.15, 0.2) is 12.7 Å². The van der Waals surface area contributed by atoms with Gasteiger partial charge in [-0.1, -0.05) is 18.9 Å². The van der Waals surface area contributed by atoms with Crippen LogP contribution in [0.1, 0.15) is 45.4 Å². The highest BCUT2D eigenvalue weighted by molar-refractivity contribution is 4.94. The SMILES string of the molecule is C=CCCCCCCC#CC. The average Bonchev–Trinajstić information content (AvgIpc) is 2.03. The lowest BCUT2D eigenvalue weighted by molar-refractivity contribution is 0.657. The minimum absolute atomic E-state index is 1.07. The Bertz CT molecular complexity index is 134. The predicted molar refractivity (Wildman–Crippen MR) is 51.3 cm³/mol. The van der Waals surface area contributed by atoms with Crippen LogP contribution in [0.4, 0.5) is 0 Å². The lowest BCUT2D eigenvalue weighted by atomic mass is 10.1. The molecule has 0 aliphatic heterocycles. The van der Waals surface area contributed by atoms with Crippen LogP contribution in [0, 0.1) is 11.8 Å². The van der Waals surface area contributed by atoms with Crippen LogP contribution >= 0.6 is 0 Å². The van der Waals surface area contributed by atoms with E-state index in [1.165, 1.54) is 32.1 Å². The van der Waals surface area contributed by atoms with Crippen molar-refractivity contribution in [3.8, 4) is 11.8 Å². The molecule has 0 spiro atoms. The van der Waals surface area contributed by atoms with Crippen molar-refractivity contribution in [2.24, 2.45) is 0 Å². The third-order valence-corrected chi connectivity index (χ3v) is 1.64. The van der Waals surface area contributed by atoms with E-state index in [1.807, 2.05) is 13.0 Å². The number of rotatable bonds is 6. The zero-order valence-electron chi connectivity index (χ0n) is 7.53. The maximum Gasteiger partial charge on any atom is 0.00885 e. The van der Waals surface area contributed by atoms with E-state index in [-0.39, 0.29) is 0 Å². The first-order chi connectivity index (χ1) is 5.41. The fraction of sp³-hybridized carbons (Fsp3) is 0.636. The molecular formula is C11H18. The summed E-state index contributed by atoms with van der Waals surface area (Å²) in [4.78, 5) is 0. The Hall–Kier alpha value is -0.700. The Morgan fingerprint density at radius 2 is 1.91 bits per heavy atom. The summed E-state index contributed by atoms with van der Waals surface area (Å²) in [6.07, 6.45) is 9.44. The molecule has 0 radical (unpaired) electrons. The van der Waals surface area contributed by atoms with Crippen molar-refractivity contribution in [3.63, 3.8) is 0 Å². The van der Waals surface area contributed by atoms with Gasteiger partial charge >= 0.3 is 0 Å². The Labute approximate surface area is 70.7 Å². The summed E-state index contributed by atoms with van der Waals surface area (Å²) in [7, 11) is 0. The standard InChI is InChI=1S/C11H18/c1-3-5-7-9-11-10-8-6-4-2/h3H,1,5,7-11H2,2H3. The van der Waals surface area contributed by atoms with Crippen molar-refractivity contribution in [3.05, 3.63) is 12.7 Å². The van der Waals surface area contributed by atoms with Crippen molar-refractivity contribution >= 4 is 0 Å². The second kappa shape index (κ2) is 9.30. The van der Waals surface area contributed by atoms with Crippen molar-refractivity contribution in [1.29, 1.82) is 0 Å². The minimum atomic E-state index is 1.07. The van der Waals surface area contributed by atoms with E-state index in [2.05, 4.69) is 18.4 Å². The quantitative estimate of drug-likeness (QED) is 0.308. The largest absolute Gasteiger partial charge is 0.107 e. The Morgan fingerprint density at radius 3 is 2.55 bits per heavy atom. The van der Waals surface area contributed by atoms with Gasteiger partial charge in [0.2, 0.25) is 0 Å². The molecule has 0 heterocycles. The number of allylic oxidation sites excluding steroid dienone is 1. The van der Waals surface area contributed by atoms with Gasteiger partial charge in [-0.3, -0.25) is 0 Å². The molecule has 0 unspecified atom stereocenters. The van der Waals surface area contributed by atoms with Crippen LogP contribution in [-0.2, 0) is 0 Å². The lowest BCUT2D eigenvalue weighted by Gasteiger charge is -1.94. The van der Waals surface area contributed by atoms with Gasteiger partial charge in [-0.2, -0.15) is 0 Å². The molecule has 0 aromatic heterocycles. The predicted octanol–water partition coefficient (Wildman–Crippen LogP) is 3.54. The molecule has 0 rings (SSSR count). The van der Waals surface area contributed by atoms with E-state index in [1.54, 1.807) is 0 Å². The third kappa shape index (κ3) is 9.30. The van der Waals surface area contributed by atoms with Crippen LogP contribution < -0.4 is 0 Å². The molecular weight excluding hydrogens is 132 g/mol. The van der Waals surface area contributed by atoms with E-state index in [9.17, 15) is 0 Å². The van der Waals surface area contributed by atoms with Gasteiger partial charge < -0.3 is 0 Å². The summed E-state index contributed by atoms with van der Waals surface area (Å²) >= 11 is 0. The van der Waals surface area contributed by atoms with Gasteiger partial charge in [-0.15, -0.1) is 18.4 Å². The molecule has 0 heteroatoms. The first-order valence-electron chi connectivity index (χ1n) is 4.42. The summed E-state index contributed by atoms with van der Waals surface area (Å²) in [6.45, 7) is 5.59. The van der Waals surface area contributed by atoms with E-state index in [4.69, 9.17) is 0 Å². The van der Waals surface area contributed by atoms with Gasteiger partial charge in [0.25, 0.3) is 0 Å². The van der Waals surface area contributed by atoms with Crippen molar-refractivity contribution in [1.82, 2.24) is 0 Å². The molecule has 0 nitrogen and oxygen atoms in total. The number of unbranched alkanes of at least 4 members (excludes halogenated alkanes) is 5. The average molecular weight is 150 g/mol. The van der Waals surface area contributed by atoms with Crippen LogP contribution in [0.2, 0.25) is 0 Å². The van der Waals surface area contributed by atoms with E-state index in [0.717, 1.165) is 6.42 Å². The molecule has 11 heavy (non-hydrogen) atoms. The van der Waals surface area contributed by atoms with Gasteiger partial charge in [0.05, 0.1) is 0 Å². The molecule has 0 N–H and O–H groups in total. The fourth-order valence-corrected chi connectivity index (χ4v) is 0.981. The Morgan fingerprint density at radius 1 is 1.18 bits per heavy atom.